The molecule has 1 aliphatic rings. The van der Waals surface area contributed by atoms with Gasteiger partial charge in [-0.3, -0.25) is 4.79 Å². The molecule has 0 spiro atoms. The van der Waals surface area contributed by atoms with Crippen LogP contribution in [0.1, 0.15) is 36.3 Å². The van der Waals surface area contributed by atoms with E-state index in [0.717, 1.165) is 0 Å². The van der Waals surface area contributed by atoms with Crippen LogP contribution in [0.5, 0.6) is 0 Å². The minimum atomic E-state index is -0.272. The Balaban J connectivity index is 1.95. The van der Waals surface area contributed by atoms with Crippen LogP contribution in [0.4, 0.5) is 4.79 Å². The Bertz CT molecular complexity index is 518. The summed E-state index contributed by atoms with van der Waals surface area (Å²) in [5.74, 6) is 0.297. The maximum absolute atomic E-state index is 12.3. The fourth-order valence-electron chi connectivity index (χ4n) is 2.07. The zero-order chi connectivity index (χ0) is 15.6. The number of nitrogens with zero attached hydrogens (tertiary/aromatic N) is 5. The first-order valence-corrected chi connectivity index (χ1v) is 6.99. The number of rotatable bonds is 2. The van der Waals surface area contributed by atoms with E-state index in [1.54, 1.807) is 23.9 Å². The van der Waals surface area contributed by atoms with Gasteiger partial charge in [-0.15, -0.1) is 10.2 Å². The number of carbonyl (C=O) groups excluding carboxylic acids is 2. The van der Waals surface area contributed by atoms with Crippen LogP contribution in [0.3, 0.4) is 0 Å². The largest absolute Gasteiger partial charge is 0.417 e. The normalized spacial score (nSPS) is 15.5. The SMILES string of the molecule is CC(C)c1nnc(C(=O)N2CCN(C(=O)N(C)C)CC2)o1. The van der Waals surface area contributed by atoms with Gasteiger partial charge in [0, 0.05) is 46.2 Å². The minimum absolute atomic E-state index is 0.0195. The van der Waals surface area contributed by atoms with Gasteiger partial charge in [-0.1, -0.05) is 13.8 Å². The fourth-order valence-corrected chi connectivity index (χ4v) is 2.07. The molecular weight excluding hydrogens is 274 g/mol. The second-order valence-electron chi connectivity index (χ2n) is 5.56. The molecule has 0 aromatic carbocycles. The molecule has 0 unspecified atom stereocenters. The van der Waals surface area contributed by atoms with Gasteiger partial charge in [0.1, 0.15) is 0 Å². The molecule has 0 aliphatic carbocycles. The Morgan fingerprint density at radius 1 is 1.10 bits per heavy atom. The minimum Gasteiger partial charge on any atom is -0.417 e. The maximum atomic E-state index is 12.3. The Hall–Kier alpha value is -2.12. The highest BCUT2D eigenvalue weighted by Crippen LogP contribution is 2.14. The van der Waals surface area contributed by atoms with Crippen molar-refractivity contribution >= 4 is 11.9 Å². The first kappa shape index (κ1) is 15.3. The summed E-state index contributed by atoms with van der Waals surface area (Å²) in [5, 5.41) is 7.66. The molecule has 1 aromatic heterocycles. The lowest BCUT2D eigenvalue weighted by Gasteiger charge is -2.35. The predicted octanol–water partition coefficient (Wildman–Crippen LogP) is 0.632. The molecular formula is C13H21N5O3. The average molecular weight is 295 g/mol. The summed E-state index contributed by atoms with van der Waals surface area (Å²) in [5.41, 5.74) is 0. The number of hydrogen-bond acceptors (Lipinski definition) is 5. The third-order valence-electron chi connectivity index (χ3n) is 3.34. The van der Waals surface area contributed by atoms with Crippen LogP contribution in [-0.2, 0) is 0 Å². The molecule has 0 bridgehead atoms. The summed E-state index contributed by atoms with van der Waals surface area (Å²) in [6, 6.07) is -0.0398. The first-order valence-electron chi connectivity index (χ1n) is 6.99. The van der Waals surface area contributed by atoms with Crippen molar-refractivity contribution in [3.63, 3.8) is 0 Å². The van der Waals surface area contributed by atoms with Crippen molar-refractivity contribution in [3.05, 3.63) is 11.8 Å². The Morgan fingerprint density at radius 3 is 2.14 bits per heavy atom. The lowest BCUT2D eigenvalue weighted by molar-refractivity contribution is 0.0610. The summed E-state index contributed by atoms with van der Waals surface area (Å²) < 4.78 is 5.37. The summed E-state index contributed by atoms with van der Waals surface area (Å²) in [7, 11) is 3.43. The standard InChI is InChI=1S/C13H21N5O3/c1-9(2)10-14-15-11(21-10)12(19)17-5-7-18(8-6-17)13(20)16(3)4/h9H,5-8H2,1-4H3. The lowest BCUT2D eigenvalue weighted by atomic mass is 10.2. The second kappa shape index (κ2) is 6.11. The quantitative estimate of drug-likeness (QED) is 0.799. The summed E-state index contributed by atoms with van der Waals surface area (Å²) in [4.78, 5) is 29.0. The molecule has 0 radical (unpaired) electrons. The molecule has 2 rings (SSSR count). The third-order valence-corrected chi connectivity index (χ3v) is 3.34. The molecule has 116 valence electrons. The number of amides is 3. The number of carbonyl (C=O) groups is 2. The fraction of sp³-hybridized carbons (Fsp3) is 0.692. The highest BCUT2D eigenvalue weighted by molar-refractivity contribution is 5.89. The van der Waals surface area contributed by atoms with Gasteiger partial charge in [-0.05, 0) is 0 Å². The average Bonchev–Trinajstić information content (AvgIpc) is 2.96. The van der Waals surface area contributed by atoms with Crippen LogP contribution in [0.25, 0.3) is 0 Å². The molecule has 0 atom stereocenters. The van der Waals surface area contributed by atoms with Crippen LogP contribution < -0.4 is 0 Å². The molecule has 3 amide bonds. The third kappa shape index (κ3) is 3.32. The van der Waals surface area contributed by atoms with Crippen LogP contribution >= 0.6 is 0 Å². The molecule has 21 heavy (non-hydrogen) atoms. The van der Waals surface area contributed by atoms with Gasteiger partial charge >= 0.3 is 17.8 Å². The van der Waals surface area contributed by atoms with E-state index in [-0.39, 0.29) is 23.7 Å². The van der Waals surface area contributed by atoms with Gasteiger partial charge in [0.15, 0.2) is 0 Å². The van der Waals surface area contributed by atoms with E-state index in [2.05, 4.69) is 10.2 Å². The highest BCUT2D eigenvalue weighted by atomic mass is 16.4. The number of aromatic nitrogens is 2. The van der Waals surface area contributed by atoms with Gasteiger partial charge in [0.05, 0.1) is 0 Å². The summed E-state index contributed by atoms with van der Waals surface area (Å²) in [6.07, 6.45) is 0. The number of piperazine rings is 1. The van der Waals surface area contributed by atoms with Crippen molar-refractivity contribution in [2.45, 2.75) is 19.8 Å². The van der Waals surface area contributed by atoms with Crippen molar-refractivity contribution < 1.29 is 14.0 Å². The van der Waals surface area contributed by atoms with Gasteiger partial charge < -0.3 is 19.1 Å². The second-order valence-corrected chi connectivity index (χ2v) is 5.56. The van der Waals surface area contributed by atoms with Gasteiger partial charge in [-0.25, -0.2) is 4.79 Å². The van der Waals surface area contributed by atoms with E-state index in [1.807, 2.05) is 13.8 Å². The molecule has 0 saturated carbocycles. The van der Waals surface area contributed by atoms with Gasteiger partial charge in [-0.2, -0.15) is 0 Å². The van der Waals surface area contributed by atoms with Crippen LogP contribution in [0.2, 0.25) is 0 Å². The molecule has 2 heterocycles. The van der Waals surface area contributed by atoms with Crippen molar-refractivity contribution in [1.82, 2.24) is 24.9 Å². The smallest absolute Gasteiger partial charge is 0.319 e. The van der Waals surface area contributed by atoms with E-state index < -0.39 is 0 Å². The number of hydrogen-bond donors (Lipinski definition) is 0. The van der Waals surface area contributed by atoms with Crippen LogP contribution in [0, 0.1) is 0 Å². The van der Waals surface area contributed by atoms with E-state index >= 15 is 0 Å². The zero-order valence-corrected chi connectivity index (χ0v) is 12.9. The Labute approximate surface area is 123 Å². The predicted molar refractivity (Wildman–Crippen MR) is 74.9 cm³/mol. The van der Waals surface area contributed by atoms with Gasteiger partial charge in [0.2, 0.25) is 5.89 Å². The van der Waals surface area contributed by atoms with Crippen molar-refractivity contribution in [1.29, 1.82) is 0 Å². The van der Waals surface area contributed by atoms with Crippen molar-refractivity contribution in [2.24, 2.45) is 0 Å². The molecule has 8 heteroatoms. The summed E-state index contributed by atoms with van der Waals surface area (Å²) in [6.45, 7) is 5.80. The van der Waals surface area contributed by atoms with E-state index in [9.17, 15) is 9.59 Å². The van der Waals surface area contributed by atoms with Crippen molar-refractivity contribution in [3.8, 4) is 0 Å². The van der Waals surface area contributed by atoms with E-state index in [4.69, 9.17) is 4.42 Å². The Kier molecular flexibility index (Phi) is 4.44. The molecule has 8 nitrogen and oxygen atoms in total. The van der Waals surface area contributed by atoms with Crippen LogP contribution in [0.15, 0.2) is 4.42 Å². The molecule has 1 aromatic rings. The molecule has 1 fully saturated rings. The maximum Gasteiger partial charge on any atom is 0.319 e. The zero-order valence-electron chi connectivity index (χ0n) is 12.9. The number of urea groups is 1. The monoisotopic (exact) mass is 295 g/mol. The highest BCUT2D eigenvalue weighted by Gasteiger charge is 2.28. The molecule has 1 aliphatic heterocycles. The topological polar surface area (TPSA) is 82.8 Å². The molecule has 1 saturated heterocycles. The van der Waals surface area contributed by atoms with Crippen molar-refractivity contribution in [2.75, 3.05) is 40.3 Å². The van der Waals surface area contributed by atoms with Gasteiger partial charge in [0.25, 0.3) is 0 Å². The lowest BCUT2D eigenvalue weighted by Crippen LogP contribution is -2.52. The summed E-state index contributed by atoms with van der Waals surface area (Å²) >= 11 is 0. The first-order chi connectivity index (χ1) is 9.90. The van der Waals surface area contributed by atoms with Crippen LogP contribution in [-0.4, -0.2) is 77.1 Å². The van der Waals surface area contributed by atoms with E-state index in [0.29, 0.717) is 32.1 Å². The van der Waals surface area contributed by atoms with E-state index in [1.165, 1.54) is 4.90 Å². The Morgan fingerprint density at radius 2 is 1.67 bits per heavy atom. The molecule has 0 N–H and O–H groups in total.